The minimum atomic E-state index is -0.0607. The Balaban J connectivity index is 1.40. The number of ether oxygens (including phenoxy) is 3. The van der Waals surface area contributed by atoms with Crippen molar-refractivity contribution in [2.75, 3.05) is 63.9 Å². The van der Waals surface area contributed by atoms with E-state index in [2.05, 4.69) is 33.0 Å². The summed E-state index contributed by atoms with van der Waals surface area (Å²) in [4.78, 5) is 19.5. The number of aromatic nitrogens is 2. The number of amides is 1. The van der Waals surface area contributed by atoms with Crippen LogP contribution < -0.4 is 24.0 Å². The Morgan fingerprint density at radius 2 is 1.52 bits per heavy atom. The third-order valence-electron chi connectivity index (χ3n) is 6.54. The molecule has 2 aliphatic rings. The standard InChI is InChI=1S/C24H33N5O4/c1-17-7-5-6-10-29(17)22-9-8-21(25-26-22)27-11-13-28(14-12-27)24(30)18-15-19(31-2)23(33-4)20(16-18)32-3/h8-9,15-17H,5-7,10-14H2,1-4H3/t17-/m0/s1. The second-order valence-corrected chi connectivity index (χ2v) is 8.48. The molecule has 0 spiro atoms. The number of anilines is 2. The van der Waals surface area contributed by atoms with Gasteiger partial charge in [-0.05, 0) is 50.5 Å². The normalized spacial score (nSPS) is 18.8. The van der Waals surface area contributed by atoms with Gasteiger partial charge in [-0.2, -0.15) is 0 Å². The topological polar surface area (TPSA) is 80.3 Å². The Hall–Kier alpha value is -3.23. The largest absolute Gasteiger partial charge is 0.493 e. The molecule has 0 bridgehead atoms. The van der Waals surface area contributed by atoms with E-state index in [9.17, 15) is 4.79 Å². The fraction of sp³-hybridized carbons (Fsp3) is 0.542. The van der Waals surface area contributed by atoms with Gasteiger partial charge in [-0.3, -0.25) is 4.79 Å². The number of methoxy groups -OCH3 is 3. The van der Waals surface area contributed by atoms with Crippen LogP contribution in [0.4, 0.5) is 11.6 Å². The van der Waals surface area contributed by atoms with E-state index in [1.807, 2.05) is 11.0 Å². The minimum absolute atomic E-state index is 0.0607. The lowest BCUT2D eigenvalue weighted by molar-refractivity contribution is 0.0745. The van der Waals surface area contributed by atoms with E-state index >= 15 is 0 Å². The van der Waals surface area contributed by atoms with Crippen LogP contribution in [0, 0.1) is 0 Å². The van der Waals surface area contributed by atoms with Crippen LogP contribution in [-0.4, -0.2) is 81.1 Å². The highest BCUT2D eigenvalue weighted by atomic mass is 16.5. The summed E-state index contributed by atoms with van der Waals surface area (Å²) in [6.45, 7) is 5.88. The predicted molar refractivity (Wildman–Crippen MR) is 127 cm³/mol. The van der Waals surface area contributed by atoms with Crippen LogP contribution in [0.5, 0.6) is 17.2 Å². The molecule has 1 atom stereocenters. The molecule has 178 valence electrons. The highest BCUT2D eigenvalue weighted by Gasteiger charge is 2.26. The van der Waals surface area contributed by atoms with Crippen LogP contribution in [0.3, 0.4) is 0 Å². The average Bonchev–Trinajstić information content (AvgIpc) is 2.87. The highest BCUT2D eigenvalue weighted by molar-refractivity contribution is 5.95. The van der Waals surface area contributed by atoms with Crippen molar-refractivity contribution >= 4 is 17.5 Å². The van der Waals surface area contributed by atoms with Crippen molar-refractivity contribution in [1.82, 2.24) is 15.1 Å². The lowest BCUT2D eigenvalue weighted by Gasteiger charge is -2.36. The van der Waals surface area contributed by atoms with E-state index in [-0.39, 0.29) is 5.91 Å². The molecule has 9 heteroatoms. The van der Waals surface area contributed by atoms with Gasteiger partial charge in [-0.25, -0.2) is 0 Å². The van der Waals surface area contributed by atoms with Crippen LogP contribution in [0.25, 0.3) is 0 Å². The summed E-state index contributed by atoms with van der Waals surface area (Å²) in [5.74, 6) is 3.15. The van der Waals surface area contributed by atoms with Crippen molar-refractivity contribution in [3.05, 3.63) is 29.8 Å². The first kappa shape index (κ1) is 22.9. The minimum Gasteiger partial charge on any atom is -0.493 e. The number of rotatable bonds is 6. The van der Waals surface area contributed by atoms with Gasteiger partial charge in [0.15, 0.2) is 23.1 Å². The summed E-state index contributed by atoms with van der Waals surface area (Å²) in [6, 6.07) is 8.01. The number of hydrogen-bond donors (Lipinski definition) is 0. The van der Waals surface area contributed by atoms with Crippen LogP contribution >= 0.6 is 0 Å². The van der Waals surface area contributed by atoms with Crippen molar-refractivity contribution in [3.63, 3.8) is 0 Å². The van der Waals surface area contributed by atoms with Crippen LogP contribution in [0.15, 0.2) is 24.3 Å². The zero-order chi connectivity index (χ0) is 23.4. The van der Waals surface area contributed by atoms with Crippen molar-refractivity contribution < 1.29 is 19.0 Å². The molecule has 3 heterocycles. The Morgan fingerprint density at radius 1 is 0.879 bits per heavy atom. The molecule has 0 unspecified atom stereocenters. The smallest absolute Gasteiger partial charge is 0.254 e. The zero-order valence-corrected chi connectivity index (χ0v) is 19.9. The number of carbonyl (C=O) groups excluding carboxylic acids is 1. The van der Waals surface area contributed by atoms with Crippen molar-refractivity contribution in [3.8, 4) is 17.2 Å². The van der Waals surface area contributed by atoms with E-state index in [1.54, 1.807) is 33.5 Å². The molecule has 1 aromatic carbocycles. The van der Waals surface area contributed by atoms with Crippen molar-refractivity contribution in [1.29, 1.82) is 0 Å². The second kappa shape index (κ2) is 10.1. The first-order valence-electron chi connectivity index (χ1n) is 11.5. The summed E-state index contributed by atoms with van der Waals surface area (Å²) >= 11 is 0. The third kappa shape index (κ3) is 4.77. The van der Waals surface area contributed by atoms with Crippen LogP contribution in [-0.2, 0) is 0 Å². The van der Waals surface area contributed by atoms with Crippen LogP contribution in [0.2, 0.25) is 0 Å². The number of hydrogen-bond acceptors (Lipinski definition) is 8. The average molecular weight is 456 g/mol. The number of nitrogens with zero attached hydrogens (tertiary/aromatic N) is 5. The van der Waals surface area contributed by atoms with Crippen LogP contribution in [0.1, 0.15) is 36.5 Å². The SMILES string of the molecule is COc1cc(C(=O)N2CCN(c3ccc(N4CCCC[C@@H]4C)nn3)CC2)cc(OC)c1OC. The van der Waals surface area contributed by atoms with Gasteiger partial charge in [-0.1, -0.05) is 0 Å². The highest BCUT2D eigenvalue weighted by Crippen LogP contribution is 2.38. The fourth-order valence-electron chi connectivity index (χ4n) is 4.60. The van der Waals surface area contributed by atoms with E-state index in [4.69, 9.17) is 14.2 Å². The third-order valence-corrected chi connectivity index (χ3v) is 6.54. The maximum Gasteiger partial charge on any atom is 0.254 e. The molecule has 1 amide bonds. The molecule has 0 N–H and O–H groups in total. The van der Waals surface area contributed by atoms with E-state index in [1.165, 1.54) is 19.3 Å². The van der Waals surface area contributed by atoms with Crippen molar-refractivity contribution in [2.45, 2.75) is 32.2 Å². The van der Waals surface area contributed by atoms with Crippen molar-refractivity contribution in [2.24, 2.45) is 0 Å². The number of benzene rings is 1. The van der Waals surface area contributed by atoms with E-state index in [0.717, 1.165) is 18.2 Å². The monoisotopic (exact) mass is 455 g/mol. The van der Waals surface area contributed by atoms with Gasteiger partial charge in [0, 0.05) is 44.3 Å². The van der Waals surface area contributed by atoms with Gasteiger partial charge in [-0.15, -0.1) is 10.2 Å². The Bertz CT molecular complexity index is 935. The van der Waals surface area contributed by atoms with Gasteiger partial charge in [0.05, 0.1) is 21.3 Å². The van der Waals surface area contributed by atoms with Gasteiger partial charge in [0.1, 0.15) is 0 Å². The molecule has 9 nitrogen and oxygen atoms in total. The van der Waals surface area contributed by atoms with E-state index < -0.39 is 0 Å². The molecule has 33 heavy (non-hydrogen) atoms. The molecule has 0 aliphatic carbocycles. The maximum atomic E-state index is 13.2. The molecule has 2 aromatic rings. The molecule has 2 aliphatic heterocycles. The van der Waals surface area contributed by atoms with Gasteiger partial charge < -0.3 is 28.9 Å². The fourth-order valence-corrected chi connectivity index (χ4v) is 4.60. The van der Waals surface area contributed by atoms with E-state index in [0.29, 0.717) is 55.0 Å². The molecular weight excluding hydrogens is 422 g/mol. The summed E-state index contributed by atoms with van der Waals surface area (Å²) < 4.78 is 16.1. The molecule has 2 saturated heterocycles. The Kier molecular flexibility index (Phi) is 7.05. The molecule has 2 fully saturated rings. The summed E-state index contributed by atoms with van der Waals surface area (Å²) in [7, 11) is 4.63. The molecule has 0 radical (unpaired) electrons. The number of carbonyl (C=O) groups is 1. The molecule has 1 aromatic heterocycles. The zero-order valence-electron chi connectivity index (χ0n) is 19.9. The molecular formula is C24H33N5O4. The number of piperidine rings is 1. The number of piperazine rings is 1. The first-order chi connectivity index (χ1) is 16.0. The Morgan fingerprint density at radius 3 is 2.06 bits per heavy atom. The molecule has 0 saturated carbocycles. The predicted octanol–water partition coefficient (Wildman–Crippen LogP) is 2.84. The maximum absolute atomic E-state index is 13.2. The van der Waals surface area contributed by atoms with Gasteiger partial charge in [0.25, 0.3) is 5.91 Å². The summed E-state index contributed by atoms with van der Waals surface area (Å²) in [6.07, 6.45) is 3.68. The van der Waals surface area contributed by atoms with Gasteiger partial charge >= 0.3 is 0 Å². The summed E-state index contributed by atoms with van der Waals surface area (Å²) in [5.41, 5.74) is 0.512. The second-order valence-electron chi connectivity index (χ2n) is 8.48. The summed E-state index contributed by atoms with van der Waals surface area (Å²) in [5, 5.41) is 8.99. The first-order valence-corrected chi connectivity index (χ1v) is 11.5. The molecule has 4 rings (SSSR count). The van der Waals surface area contributed by atoms with Gasteiger partial charge in [0.2, 0.25) is 5.75 Å². The Labute approximate surface area is 195 Å². The lowest BCUT2D eigenvalue weighted by Crippen LogP contribution is -2.49. The quantitative estimate of drug-likeness (QED) is 0.658. The lowest BCUT2D eigenvalue weighted by atomic mass is 10.0.